The second-order valence-electron chi connectivity index (χ2n) is 7.19. The Morgan fingerprint density at radius 2 is 2.21 bits per heavy atom. The zero-order valence-electron chi connectivity index (χ0n) is 16.7. The summed E-state index contributed by atoms with van der Waals surface area (Å²) < 4.78 is 1.77. The molecule has 156 valence electrons. The van der Waals surface area contributed by atoms with Crippen LogP contribution in [0.1, 0.15) is 32.3 Å². The largest absolute Gasteiger partial charge is 0.369 e. The predicted molar refractivity (Wildman–Crippen MR) is 116 cm³/mol. The van der Waals surface area contributed by atoms with E-state index in [-0.39, 0.29) is 5.91 Å². The van der Waals surface area contributed by atoms with Crippen molar-refractivity contribution in [2.75, 3.05) is 36.8 Å². The number of thioether (sulfide) groups is 1. The molecule has 0 aromatic carbocycles. The van der Waals surface area contributed by atoms with Crippen LogP contribution in [0.2, 0.25) is 0 Å². The number of carbonyl (C=O) groups is 1. The lowest BCUT2D eigenvalue weighted by Gasteiger charge is -2.18. The Labute approximate surface area is 173 Å². The number of aliphatic hydroxyl groups is 1. The normalized spacial score (nSPS) is 20.6. The Bertz CT molecular complexity index is 921. The predicted octanol–water partition coefficient (Wildman–Crippen LogP) is 1.54. The molecule has 2 aromatic rings. The van der Waals surface area contributed by atoms with Gasteiger partial charge in [0.1, 0.15) is 11.6 Å². The van der Waals surface area contributed by atoms with Crippen molar-refractivity contribution < 1.29 is 9.90 Å². The van der Waals surface area contributed by atoms with Crippen molar-refractivity contribution in [3.05, 3.63) is 22.7 Å². The molecule has 1 unspecified atom stereocenters. The smallest absolute Gasteiger partial charge is 0.260 e. The second kappa shape index (κ2) is 8.60. The summed E-state index contributed by atoms with van der Waals surface area (Å²) in [5.41, 5.74) is 0.499. The van der Waals surface area contributed by atoms with Gasteiger partial charge in [-0.05, 0) is 32.0 Å². The molecular weight excluding hydrogens is 390 g/mol. The Morgan fingerprint density at radius 3 is 2.86 bits per heavy atom. The van der Waals surface area contributed by atoms with Crippen LogP contribution in [0, 0.1) is 0 Å². The molecule has 3 heterocycles. The first-order valence-corrected chi connectivity index (χ1v) is 10.9. The summed E-state index contributed by atoms with van der Waals surface area (Å²) in [7, 11) is 0. The SMILES string of the molecule is CCN(CC)CCNc1cc(NC2CC2)n2ncc(/C=C3\SC(O)NC3=O)c2n1. The lowest BCUT2D eigenvalue weighted by atomic mass is 10.3. The first-order chi connectivity index (χ1) is 14.1. The van der Waals surface area contributed by atoms with Crippen LogP contribution in [-0.2, 0) is 4.79 Å². The van der Waals surface area contributed by atoms with Crippen molar-refractivity contribution in [2.24, 2.45) is 0 Å². The van der Waals surface area contributed by atoms with Gasteiger partial charge in [-0.3, -0.25) is 4.79 Å². The van der Waals surface area contributed by atoms with Gasteiger partial charge in [-0.2, -0.15) is 9.61 Å². The van der Waals surface area contributed by atoms with Gasteiger partial charge in [0.15, 0.2) is 11.2 Å². The van der Waals surface area contributed by atoms with Gasteiger partial charge in [-0.1, -0.05) is 25.6 Å². The Kier molecular flexibility index (Phi) is 5.93. The number of rotatable bonds is 9. The fourth-order valence-corrected chi connectivity index (χ4v) is 3.99. The minimum absolute atomic E-state index is 0.285. The third-order valence-corrected chi connectivity index (χ3v) is 5.96. The zero-order valence-corrected chi connectivity index (χ0v) is 17.5. The number of likely N-dealkylation sites (N-methyl/N-ethyl adjacent to an activating group) is 1. The summed E-state index contributed by atoms with van der Waals surface area (Å²) in [6.07, 6.45) is 5.74. The minimum atomic E-state index is -0.909. The van der Waals surface area contributed by atoms with Crippen molar-refractivity contribution in [1.29, 1.82) is 0 Å². The third kappa shape index (κ3) is 4.65. The summed E-state index contributed by atoms with van der Waals surface area (Å²) >= 11 is 1.09. The van der Waals surface area contributed by atoms with Crippen molar-refractivity contribution in [1.82, 2.24) is 24.8 Å². The topological polar surface area (TPSA) is 107 Å². The zero-order chi connectivity index (χ0) is 20.4. The molecule has 1 saturated heterocycles. The number of hydrogen-bond donors (Lipinski definition) is 4. The molecular formula is C19H27N7O2S. The number of anilines is 2. The molecule has 1 aliphatic carbocycles. The van der Waals surface area contributed by atoms with E-state index >= 15 is 0 Å². The number of fused-ring (bicyclic) bond motifs is 1. The summed E-state index contributed by atoms with van der Waals surface area (Å²) in [5, 5.41) is 23.5. The Balaban J connectivity index is 1.62. The van der Waals surface area contributed by atoms with E-state index in [0.29, 0.717) is 16.6 Å². The van der Waals surface area contributed by atoms with E-state index in [9.17, 15) is 9.90 Å². The van der Waals surface area contributed by atoms with E-state index < -0.39 is 5.56 Å². The molecule has 0 spiro atoms. The molecule has 10 heteroatoms. The lowest BCUT2D eigenvalue weighted by Crippen LogP contribution is -2.28. The number of nitrogens with one attached hydrogen (secondary N) is 3. The number of nitrogens with zero attached hydrogens (tertiary/aromatic N) is 4. The molecule has 2 aromatic heterocycles. The van der Waals surface area contributed by atoms with Crippen molar-refractivity contribution >= 4 is 41.0 Å². The standard InChI is InChI=1S/C19H27N7O2S/c1-3-25(4-2)8-7-20-15-10-16(22-13-5-6-13)26-17(23-15)12(11-21-26)9-14-18(27)24-19(28)29-14/h9-11,13,19,22,28H,3-8H2,1-2H3,(H,20,23)(H,24,27)/b14-9-. The number of carbonyl (C=O) groups excluding carboxylic acids is 1. The minimum Gasteiger partial charge on any atom is -0.369 e. The quantitative estimate of drug-likeness (QED) is 0.455. The fourth-order valence-electron chi connectivity index (χ4n) is 3.22. The molecule has 1 amide bonds. The van der Waals surface area contributed by atoms with E-state index in [0.717, 1.165) is 68.0 Å². The van der Waals surface area contributed by atoms with E-state index in [1.807, 2.05) is 6.07 Å². The first-order valence-electron chi connectivity index (χ1n) is 10.1. The molecule has 4 N–H and O–H groups in total. The highest BCUT2D eigenvalue weighted by molar-refractivity contribution is 8.05. The maximum atomic E-state index is 12.0. The third-order valence-electron chi connectivity index (χ3n) is 5.06. The maximum Gasteiger partial charge on any atom is 0.260 e. The highest BCUT2D eigenvalue weighted by Gasteiger charge is 2.26. The monoisotopic (exact) mass is 417 g/mol. The Morgan fingerprint density at radius 1 is 1.41 bits per heavy atom. The van der Waals surface area contributed by atoms with Gasteiger partial charge in [0, 0.05) is 30.8 Å². The highest BCUT2D eigenvalue weighted by atomic mass is 32.2. The van der Waals surface area contributed by atoms with E-state index in [1.54, 1.807) is 16.8 Å². The molecule has 29 heavy (non-hydrogen) atoms. The van der Waals surface area contributed by atoms with Crippen LogP contribution in [0.25, 0.3) is 11.7 Å². The van der Waals surface area contributed by atoms with Gasteiger partial charge < -0.3 is 26.0 Å². The molecule has 9 nitrogen and oxygen atoms in total. The number of aliphatic hydroxyl groups excluding tert-OH is 1. The molecule has 0 radical (unpaired) electrons. The number of aromatic nitrogens is 3. The van der Waals surface area contributed by atoms with Crippen LogP contribution in [0.3, 0.4) is 0 Å². The number of hydrogen-bond acceptors (Lipinski definition) is 8. The second-order valence-corrected chi connectivity index (χ2v) is 8.31. The summed E-state index contributed by atoms with van der Waals surface area (Å²) in [6.45, 7) is 8.09. The first kappa shape index (κ1) is 20.0. The average Bonchev–Trinajstić information content (AvgIpc) is 3.34. The van der Waals surface area contributed by atoms with Crippen LogP contribution in [0.15, 0.2) is 17.2 Å². The van der Waals surface area contributed by atoms with Gasteiger partial charge in [-0.25, -0.2) is 4.98 Å². The van der Waals surface area contributed by atoms with Gasteiger partial charge in [0.05, 0.1) is 11.1 Å². The molecule has 1 atom stereocenters. The van der Waals surface area contributed by atoms with Crippen LogP contribution in [0.5, 0.6) is 0 Å². The maximum absolute atomic E-state index is 12.0. The fraction of sp³-hybridized carbons (Fsp3) is 0.526. The van der Waals surface area contributed by atoms with Crippen LogP contribution in [-0.4, -0.2) is 68.3 Å². The van der Waals surface area contributed by atoms with Crippen LogP contribution >= 0.6 is 11.8 Å². The van der Waals surface area contributed by atoms with E-state index in [1.165, 1.54) is 0 Å². The highest BCUT2D eigenvalue weighted by Crippen LogP contribution is 2.30. The average molecular weight is 418 g/mol. The summed E-state index contributed by atoms with van der Waals surface area (Å²) in [4.78, 5) is 19.5. The van der Waals surface area contributed by atoms with Crippen molar-refractivity contribution in [3.63, 3.8) is 0 Å². The van der Waals surface area contributed by atoms with Crippen LogP contribution in [0.4, 0.5) is 11.6 Å². The number of amides is 1. The van der Waals surface area contributed by atoms with Gasteiger partial charge in [-0.15, -0.1) is 0 Å². The van der Waals surface area contributed by atoms with Gasteiger partial charge >= 0.3 is 0 Å². The summed E-state index contributed by atoms with van der Waals surface area (Å²) in [6, 6.07) is 2.46. The molecule has 1 aliphatic heterocycles. The van der Waals surface area contributed by atoms with Crippen LogP contribution < -0.4 is 16.0 Å². The summed E-state index contributed by atoms with van der Waals surface area (Å²) in [5.74, 6) is 1.37. The van der Waals surface area contributed by atoms with Crippen molar-refractivity contribution in [3.8, 4) is 0 Å². The Hall–Kier alpha value is -2.30. The lowest BCUT2D eigenvalue weighted by molar-refractivity contribution is -0.117. The molecule has 1 saturated carbocycles. The molecule has 0 bridgehead atoms. The van der Waals surface area contributed by atoms with E-state index in [2.05, 4.69) is 39.8 Å². The van der Waals surface area contributed by atoms with Gasteiger partial charge in [0.25, 0.3) is 5.91 Å². The van der Waals surface area contributed by atoms with Gasteiger partial charge in [0.2, 0.25) is 0 Å². The molecule has 4 rings (SSSR count). The molecule has 2 aliphatic rings. The molecule has 2 fully saturated rings. The van der Waals surface area contributed by atoms with E-state index in [4.69, 9.17) is 4.98 Å². The van der Waals surface area contributed by atoms with Crippen molar-refractivity contribution in [2.45, 2.75) is 38.3 Å².